The van der Waals surface area contributed by atoms with Crippen molar-refractivity contribution in [1.82, 2.24) is 0 Å². The predicted molar refractivity (Wildman–Crippen MR) is 98.2 cm³/mol. The van der Waals surface area contributed by atoms with Gasteiger partial charge in [-0.15, -0.1) is 0 Å². The first-order valence-corrected chi connectivity index (χ1v) is 9.45. The highest BCUT2D eigenvalue weighted by Gasteiger charge is 2.47. The molecule has 2 aliphatic heterocycles. The van der Waals surface area contributed by atoms with E-state index in [0.717, 1.165) is 40.8 Å². The first-order chi connectivity index (χ1) is 13.8. The Balaban J connectivity index is 1.44. The lowest BCUT2D eigenvalue weighted by Gasteiger charge is -2.31. The standard InChI is InChI=1S/C20H19F3N4O2/c21-20(22,23)14-4-6-15(7-5-14)27-18(28)13-16(19(27)29)25-9-11-26(12-10-25)17-3-1-2-8-24-17/h1-8,16H,9-13H2/p+2/t16-/m0/s1. The number of piperazine rings is 1. The van der Waals surface area contributed by atoms with Crippen molar-refractivity contribution in [2.24, 2.45) is 0 Å². The van der Waals surface area contributed by atoms with E-state index in [1.54, 1.807) is 0 Å². The van der Waals surface area contributed by atoms with Crippen molar-refractivity contribution >= 4 is 23.3 Å². The number of imide groups is 1. The minimum atomic E-state index is -4.46. The average Bonchev–Trinajstić information content (AvgIpc) is 3.02. The number of quaternary nitrogens is 1. The van der Waals surface area contributed by atoms with Gasteiger partial charge in [0.1, 0.15) is 26.2 Å². The Morgan fingerprint density at radius 2 is 1.69 bits per heavy atom. The Morgan fingerprint density at radius 3 is 2.28 bits per heavy atom. The number of aromatic nitrogens is 1. The second kappa shape index (κ2) is 7.47. The number of pyridine rings is 1. The number of alkyl halides is 3. The summed E-state index contributed by atoms with van der Waals surface area (Å²) in [5.41, 5.74) is -0.621. The van der Waals surface area contributed by atoms with Crippen LogP contribution in [-0.4, -0.2) is 44.0 Å². The third-order valence-corrected chi connectivity index (χ3v) is 5.53. The molecule has 0 saturated carbocycles. The summed E-state index contributed by atoms with van der Waals surface area (Å²) in [5, 5.41) is 0. The maximum absolute atomic E-state index is 12.9. The number of halogens is 3. The third-order valence-electron chi connectivity index (χ3n) is 5.53. The molecule has 9 heteroatoms. The van der Waals surface area contributed by atoms with Crippen molar-refractivity contribution < 1.29 is 32.6 Å². The number of rotatable bonds is 3. The summed E-state index contributed by atoms with van der Waals surface area (Å²) in [7, 11) is 0. The number of hydrogen-bond donors (Lipinski definition) is 1. The molecule has 0 unspecified atom stereocenters. The molecule has 3 heterocycles. The van der Waals surface area contributed by atoms with Crippen molar-refractivity contribution in [2.45, 2.75) is 18.6 Å². The van der Waals surface area contributed by atoms with Gasteiger partial charge in [0.2, 0.25) is 5.91 Å². The minimum absolute atomic E-state index is 0.0760. The van der Waals surface area contributed by atoms with Gasteiger partial charge < -0.3 is 4.90 Å². The number of benzene rings is 1. The maximum atomic E-state index is 12.9. The van der Waals surface area contributed by atoms with Crippen LogP contribution in [0.15, 0.2) is 48.7 Å². The molecule has 6 nitrogen and oxygen atoms in total. The molecule has 1 aromatic heterocycles. The third kappa shape index (κ3) is 3.82. The highest BCUT2D eigenvalue weighted by Crippen LogP contribution is 2.31. The van der Waals surface area contributed by atoms with Crippen molar-refractivity contribution in [1.29, 1.82) is 0 Å². The molecule has 4 rings (SSSR count). The molecule has 1 aromatic carbocycles. The van der Waals surface area contributed by atoms with Gasteiger partial charge in [-0.2, -0.15) is 13.2 Å². The number of nitrogens with one attached hydrogen (secondary N) is 2. The summed E-state index contributed by atoms with van der Waals surface area (Å²) in [6.07, 6.45) is -2.53. The zero-order chi connectivity index (χ0) is 20.6. The average molecular weight is 406 g/mol. The van der Waals surface area contributed by atoms with Crippen LogP contribution in [0.3, 0.4) is 0 Å². The number of carbonyl (C=O) groups excluding carboxylic acids is 2. The Labute approximate surface area is 165 Å². The van der Waals surface area contributed by atoms with Gasteiger partial charge in [-0.1, -0.05) is 6.07 Å². The van der Waals surface area contributed by atoms with E-state index in [2.05, 4.69) is 9.88 Å². The fraction of sp³-hybridized carbons (Fsp3) is 0.350. The van der Waals surface area contributed by atoms with Crippen molar-refractivity contribution in [3.63, 3.8) is 0 Å². The lowest BCUT2D eigenvalue weighted by atomic mass is 10.1. The number of carbonyl (C=O) groups is 2. The molecule has 2 saturated heterocycles. The van der Waals surface area contributed by atoms with Crippen molar-refractivity contribution in [3.05, 3.63) is 54.2 Å². The Kier molecular flexibility index (Phi) is 4.99. The summed E-state index contributed by atoms with van der Waals surface area (Å²) in [6, 6.07) is 9.50. The molecule has 2 fully saturated rings. The molecule has 2 N–H and O–H groups in total. The lowest BCUT2D eigenvalue weighted by Crippen LogP contribution is -3.19. The van der Waals surface area contributed by atoms with E-state index in [1.165, 1.54) is 12.1 Å². The molecule has 2 aromatic rings. The van der Waals surface area contributed by atoms with Gasteiger partial charge in [-0.05, 0) is 30.3 Å². The number of amides is 2. The summed E-state index contributed by atoms with van der Waals surface area (Å²) in [6.45, 7) is 2.89. The molecule has 2 amide bonds. The lowest BCUT2D eigenvalue weighted by molar-refractivity contribution is -0.915. The number of anilines is 2. The highest BCUT2D eigenvalue weighted by atomic mass is 19.4. The maximum Gasteiger partial charge on any atom is 0.416 e. The van der Waals surface area contributed by atoms with Gasteiger partial charge in [0.05, 0.1) is 23.9 Å². The van der Waals surface area contributed by atoms with E-state index >= 15 is 0 Å². The molecule has 2 aliphatic rings. The fourth-order valence-electron chi connectivity index (χ4n) is 3.99. The second-order valence-electron chi connectivity index (χ2n) is 7.26. The van der Waals surface area contributed by atoms with Gasteiger partial charge in [0.25, 0.3) is 11.7 Å². The van der Waals surface area contributed by atoms with E-state index in [1.807, 2.05) is 24.4 Å². The topological polar surface area (TPSA) is 59.2 Å². The Morgan fingerprint density at radius 1 is 1.00 bits per heavy atom. The highest BCUT2D eigenvalue weighted by molar-refractivity contribution is 6.21. The SMILES string of the molecule is O=C1C[C@H]([NH+]2CCN(c3cccc[nH+]3)CC2)C(=O)N1c1ccc(C(F)(F)F)cc1. The van der Waals surface area contributed by atoms with E-state index in [-0.39, 0.29) is 23.9 Å². The van der Waals surface area contributed by atoms with Crippen LogP contribution in [0.4, 0.5) is 24.7 Å². The molecule has 0 bridgehead atoms. The van der Waals surface area contributed by atoms with E-state index < -0.39 is 17.8 Å². The van der Waals surface area contributed by atoms with Gasteiger partial charge in [0.15, 0.2) is 6.04 Å². The molecule has 152 valence electrons. The largest absolute Gasteiger partial charge is 0.416 e. The fourth-order valence-corrected chi connectivity index (χ4v) is 3.99. The second-order valence-corrected chi connectivity index (χ2v) is 7.26. The summed E-state index contributed by atoms with van der Waals surface area (Å²) in [5.74, 6) is 0.294. The van der Waals surface area contributed by atoms with E-state index in [4.69, 9.17) is 0 Å². The van der Waals surface area contributed by atoms with Crippen molar-refractivity contribution in [3.8, 4) is 0 Å². The van der Waals surface area contributed by atoms with Crippen LogP contribution in [0.2, 0.25) is 0 Å². The molecular weight excluding hydrogens is 385 g/mol. The molecule has 0 aliphatic carbocycles. The number of H-pyrrole nitrogens is 1. The molecule has 29 heavy (non-hydrogen) atoms. The number of hydrogen-bond acceptors (Lipinski definition) is 3. The Bertz CT molecular complexity index is 894. The quantitative estimate of drug-likeness (QED) is 0.758. The monoisotopic (exact) mass is 406 g/mol. The van der Waals surface area contributed by atoms with Gasteiger partial charge in [-0.25, -0.2) is 9.88 Å². The van der Waals surface area contributed by atoms with Crippen molar-refractivity contribution in [2.75, 3.05) is 36.0 Å². The molecular formula is C20H21F3N4O2+2. The van der Waals surface area contributed by atoms with Crippen LogP contribution in [0.1, 0.15) is 12.0 Å². The van der Waals surface area contributed by atoms with Crippen LogP contribution in [0.25, 0.3) is 0 Å². The van der Waals surface area contributed by atoms with Gasteiger partial charge in [0, 0.05) is 6.07 Å². The number of aromatic amines is 1. The van der Waals surface area contributed by atoms with Crippen LogP contribution in [0.5, 0.6) is 0 Å². The van der Waals surface area contributed by atoms with Crippen LogP contribution < -0.4 is 19.7 Å². The molecule has 0 spiro atoms. The first kappa shape index (κ1) is 19.4. The van der Waals surface area contributed by atoms with Gasteiger partial charge >= 0.3 is 6.18 Å². The summed E-state index contributed by atoms with van der Waals surface area (Å²) >= 11 is 0. The van der Waals surface area contributed by atoms with E-state index in [0.29, 0.717) is 13.1 Å². The van der Waals surface area contributed by atoms with Crippen LogP contribution in [-0.2, 0) is 15.8 Å². The number of nitrogens with zero attached hydrogens (tertiary/aromatic N) is 2. The summed E-state index contributed by atoms with van der Waals surface area (Å²) < 4.78 is 38.3. The Hall–Kier alpha value is -2.94. The zero-order valence-corrected chi connectivity index (χ0v) is 15.6. The zero-order valence-electron chi connectivity index (χ0n) is 15.6. The van der Waals surface area contributed by atoms with Crippen LogP contribution >= 0.6 is 0 Å². The molecule has 1 atom stereocenters. The molecule has 0 radical (unpaired) electrons. The van der Waals surface area contributed by atoms with E-state index in [9.17, 15) is 22.8 Å². The normalized spacial score (nSPS) is 21.1. The minimum Gasteiger partial charge on any atom is -0.318 e. The summed E-state index contributed by atoms with van der Waals surface area (Å²) in [4.78, 5) is 32.8. The van der Waals surface area contributed by atoms with Crippen LogP contribution in [0, 0.1) is 0 Å². The predicted octanol–water partition coefficient (Wildman–Crippen LogP) is 0.557. The smallest absolute Gasteiger partial charge is 0.318 e. The first-order valence-electron chi connectivity index (χ1n) is 9.45. The van der Waals surface area contributed by atoms with Gasteiger partial charge in [-0.3, -0.25) is 14.5 Å².